The molecule has 104 valence electrons. The van der Waals surface area contributed by atoms with Crippen molar-refractivity contribution in [3.05, 3.63) is 0 Å². The molecule has 3 fully saturated rings. The van der Waals surface area contributed by atoms with Crippen molar-refractivity contribution in [2.75, 3.05) is 13.2 Å². The van der Waals surface area contributed by atoms with Gasteiger partial charge in [-0.2, -0.15) is 0 Å². The number of ether oxygens (including phenoxy) is 2. The summed E-state index contributed by atoms with van der Waals surface area (Å²) in [4.78, 5) is 0. The molecule has 0 amide bonds. The highest BCUT2D eigenvalue weighted by Crippen LogP contribution is 2.52. The zero-order valence-corrected chi connectivity index (χ0v) is 11.7. The van der Waals surface area contributed by atoms with Crippen LogP contribution in [0.2, 0.25) is 0 Å². The molecule has 1 aliphatic heterocycles. The lowest BCUT2D eigenvalue weighted by molar-refractivity contribution is -0.185. The van der Waals surface area contributed by atoms with Crippen molar-refractivity contribution < 1.29 is 14.6 Å². The van der Waals surface area contributed by atoms with Gasteiger partial charge in [0.05, 0.1) is 19.3 Å². The Morgan fingerprint density at radius 3 is 2.39 bits per heavy atom. The van der Waals surface area contributed by atoms with Gasteiger partial charge in [0.2, 0.25) is 0 Å². The molecular formula is C15H26O3. The van der Waals surface area contributed by atoms with Crippen molar-refractivity contribution in [1.82, 2.24) is 0 Å². The van der Waals surface area contributed by atoms with Crippen LogP contribution in [-0.2, 0) is 9.47 Å². The molecule has 0 unspecified atom stereocenters. The molecule has 1 saturated heterocycles. The second-order valence-electron chi connectivity index (χ2n) is 7.33. The molecule has 3 nitrogen and oxygen atoms in total. The predicted octanol–water partition coefficient (Wildman–Crippen LogP) is 2.72. The Labute approximate surface area is 110 Å². The molecular weight excluding hydrogens is 228 g/mol. The van der Waals surface area contributed by atoms with Crippen LogP contribution >= 0.6 is 0 Å². The maximum absolute atomic E-state index is 10.2. The van der Waals surface area contributed by atoms with Gasteiger partial charge in [0.1, 0.15) is 0 Å². The molecule has 3 heteroatoms. The first-order chi connectivity index (χ1) is 8.48. The van der Waals surface area contributed by atoms with Crippen LogP contribution in [0.4, 0.5) is 0 Å². The van der Waals surface area contributed by atoms with E-state index in [0.29, 0.717) is 17.3 Å². The van der Waals surface area contributed by atoms with Gasteiger partial charge in [0.15, 0.2) is 5.79 Å². The molecule has 0 radical (unpaired) electrons. The third-order valence-electron chi connectivity index (χ3n) is 5.12. The molecule has 2 saturated carbocycles. The third kappa shape index (κ3) is 2.45. The van der Waals surface area contributed by atoms with E-state index in [2.05, 4.69) is 13.8 Å². The van der Waals surface area contributed by atoms with Crippen molar-refractivity contribution >= 4 is 0 Å². The first kappa shape index (κ1) is 12.9. The van der Waals surface area contributed by atoms with E-state index in [0.717, 1.165) is 38.9 Å². The lowest BCUT2D eigenvalue weighted by Gasteiger charge is -2.36. The highest BCUT2D eigenvalue weighted by molar-refractivity contribution is 4.95. The second kappa shape index (κ2) is 4.46. The lowest BCUT2D eigenvalue weighted by atomic mass is 9.80. The molecule has 0 bridgehead atoms. The van der Waals surface area contributed by atoms with Crippen molar-refractivity contribution in [3.8, 4) is 0 Å². The molecule has 3 atom stereocenters. The van der Waals surface area contributed by atoms with E-state index >= 15 is 0 Å². The Kier molecular flexibility index (Phi) is 3.20. The number of hydrogen-bond donors (Lipinski definition) is 1. The van der Waals surface area contributed by atoms with Crippen LogP contribution in [0.25, 0.3) is 0 Å². The topological polar surface area (TPSA) is 38.7 Å². The third-order valence-corrected chi connectivity index (χ3v) is 5.12. The Morgan fingerprint density at radius 1 is 1.00 bits per heavy atom. The van der Waals surface area contributed by atoms with Gasteiger partial charge >= 0.3 is 0 Å². The van der Waals surface area contributed by atoms with E-state index in [4.69, 9.17) is 9.47 Å². The molecule has 18 heavy (non-hydrogen) atoms. The van der Waals surface area contributed by atoms with Crippen molar-refractivity contribution in [1.29, 1.82) is 0 Å². The van der Waals surface area contributed by atoms with Crippen LogP contribution in [0.3, 0.4) is 0 Å². The summed E-state index contributed by atoms with van der Waals surface area (Å²) >= 11 is 0. The van der Waals surface area contributed by atoms with Crippen LogP contribution in [0.15, 0.2) is 0 Å². The molecule has 0 aromatic heterocycles. The monoisotopic (exact) mass is 254 g/mol. The first-order valence-electron chi connectivity index (χ1n) is 7.44. The van der Waals surface area contributed by atoms with Crippen LogP contribution in [0.5, 0.6) is 0 Å². The molecule has 0 aromatic carbocycles. The summed E-state index contributed by atoms with van der Waals surface area (Å²) in [5.41, 5.74) is 0.416. The average molecular weight is 254 g/mol. The van der Waals surface area contributed by atoms with Crippen LogP contribution in [0, 0.1) is 17.3 Å². The van der Waals surface area contributed by atoms with Crippen LogP contribution < -0.4 is 0 Å². The van der Waals surface area contributed by atoms with Gasteiger partial charge in [-0.15, -0.1) is 0 Å². The summed E-state index contributed by atoms with van der Waals surface area (Å²) in [5, 5.41) is 10.2. The fraction of sp³-hybridized carbons (Fsp3) is 1.00. The lowest BCUT2D eigenvalue weighted by Crippen LogP contribution is -2.37. The molecule has 1 heterocycles. The Morgan fingerprint density at radius 2 is 1.67 bits per heavy atom. The Bertz CT molecular complexity index is 307. The molecule has 2 aliphatic carbocycles. The van der Waals surface area contributed by atoms with Gasteiger partial charge in [0.25, 0.3) is 0 Å². The number of rotatable bonds is 0. The summed E-state index contributed by atoms with van der Waals surface area (Å²) in [6.07, 6.45) is 6.01. The normalized spacial score (nSPS) is 42.5. The van der Waals surface area contributed by atoms with E-state index in [1.807, 2.05) is 0 Å². The zero-order chi connectivity index (χ0) is 12.8. The van der Waals surface area contributed by atoms with Crippen molar-refractivity contribution in [3.63, 3.8) is 0 Å². The predicted molar refractivity (Wildman–Crippen MR) is 69.1 cm³/mol. The Hall–Kier alpha value is -0.120. The molecule has 1 spiro atoms. The summed E-state index contributed by atoms with van der Waals surface area (Å²) in [7, 11) is 0. The Balaban J connectivity index is 1.79. The maximum atomic E-state index is 10.2. The fourth-order valence-electron chi connectivity index (χ4n) is 4.47. The van der Waals surface area contributed by atoms with Gasteiger partial charge in [-0.05, 0) is 42.9 Å². The SMILES string of the molecule is CC1(C)C[C@H]2C[C@H](O)CCC3(C[C@H]2C1)OCCO3. The van der Waals surface area contributed by atoms with E-state index < -0.39 is 0 Å². The van der Waals surface area contributed by atoms with Gasteiger partial charge in [-0.1, -0.05) is 13.8 Å². The van der Waals surface area contributed by atoms with E-state index in [9.17, 15) is 5.11 Å². The molecule has 1 N–H and O–H groups in total. The highest BCUT2D eigenvalue weighted by Gasteiger charge is 2.48. The van der Waals surface area contributed by atoms with Gasteiger partial charge in [-0.25, -0.2) is 0 Å². The minimum atomic E-state index is -0.370. The first-order valence-corrected chi connectivity index (χ1v) is 7.44. The standard InChI is InChI=1S/C15H26O3/c1-14(2)8-11-7-13(16)3-4-15(10-12(11)9-14)17-5-6-18-15/h11-13,16H,3-10H2,1-2H3/t11-,12-,13-/m1/s1. The average Bonchev–Trinajstić information content (AvgIpc) is 2.81. The van der Waals surface area contributed by atoms with E-state index in [1.165, 1.54) is 12.8 Å². The maximum Gasteiger partial charge on any atom is 0.168 e. The second-order valence-corrected chi connectivity index (χ2v) is 7.33. The summed E-state index contributed by atoms with van der Waals surface area (Å²) in [6, 6.07) is 0. The van der Waals surface area contributed by atoms with Gasteiger partial charge in [0, 0.05) is 12.8 Å². The minimum Gasteiger partial charge on any atom is -0.393 e. The summed E-state index contributed by atoms with van der Waals surface area (Å²) in [5.74, 6) is 0.943. The van der Waals surface area contributed by atoms with E-state index in [1.54, 1.807) is 0 Å². The number of aliphatic hydroxyl groups excluding tert-OH is 1. The number of aliphatic hydroxyl groups is 1. The van der Waals surface area contributed by atoms with Crippen LogP contribution in [-0.4, -0.2) is 30.2 Å². The van der Waals surface area contributed by atoms with Crippen LogP contribution in [0.1, 0.15) is 52.4 Å². The van der Waals surface area contributed by atoms with Crippen molar-refractivity contribution in [2.45, 2.75) is 64.3 Å². The zero-order valence-electron chi connectivity index (χ0n) is 11.7. The summed E-state index contributed by atoms with van der Waals surface area (Å²) in [6.45, 7) is 6.15. The van der Waals surface area contributed by atoms with Gasteiger partial charge < -0.3 is 14.6 Å². The molecule has 3 rings (SSSR count). The highest BCUT2D eigenvalue weighted by atomic mass is 16.7. The molecule has 0 aromatic rings. The fourth-order valence-corrected chi connectivity index (χ4v) is 4.47. The molecule has 3 aliphatic rings. The smallest absolute Gasteiger partial charge is 0.168 e. The minimum absolute atomic E-state index is 0.170. The quantitative estimate of drug-likeness (QED) is 0.722. The largest absolute Gasteiger partial charge is 0.393 e. The van der Waals surface area contributed by atoms with Crippen molar-refractivity contribution in [2.24, 2.45) is 17.3 Å². The summed E-state index contributed by atoms with van der Waals surface area (Å²) < 4.78 is 11.8. The van der Waals surface area contributed by atoms with E-state index in [-0.39, 0.29) is 11.9 Å². The number of fused-ring (bicyclic) bond motifs is 1. The van der Waals surface area contributed by atoms with Gasteiger partial charge in [-0.3, -0.25) is 0 Å². The number of hydrogen-bond acceptors (Lipinski definition) is 3.